The topological polar surface area (TPSA) is 80.1 Å². The van der Waals surface area contributed by atoms with Crippen LogP contribution < -0.4 is 16.0 Å². The Bertz CT molecular complexity index is 550. The van der Waals surface area contributed by atoms with Gasteiger partial charge in [0.25, 0.3) is 5.91 Å². The molecule has 4 N–H and O–H groups in total. The number of carbonyl (C=O) groups excluding carboxylic acids is 1. The van der Waals surface area contributed by atoms with Crippen molar-refractivity contribution < 1.29 is 9.53 Å². The molecule has 0 aliphatic heterocycles. The predicted molar refractivity (Wildman–Crippen MR) is 64.2 cm³/mol. The Morgan fingerprint density at radius 1 is 1.56 bits per heavy atom. The number of nitrogen functional groups attached to an aromatic ring is 1. The van der Waals surface area contributed by atoms with Gasteiger partial charge in [-0.1, -0.05) is 15.9 Å². The van der Waals surface area contributed by atoms with E-state index in [1.165, 1.54) is 0 Å². The van der Waals surface area contributed by atoms with Crippen molar-refractivity contribution in [1.82, 2.24) is 10.4 Å². The third kappa shape index (κ3) is 1.66. The molecule has 0 fully saturated rings. The van der Waals surface area contributed by atoms with E-state index in [1.54, 1.807) is 19.4 Å². The highest BCUT2D eigenvalue weighted by Crippen LogP contribution is 2.32. The van der Waals surface area contributed by atoms with Crippen LogP contribution in [0.5, 0.6) is 5.75 Å². The van der Waals surface area contributed by atoms with Crippen LogP contribution in [-0.2, 0) is 0 Å². The van der Waals surface area contributed by atoms with Gasteiger partial charge in [-0.15, -0.1) is 0 Å². The summed E-state index contributed by atoms with van der Waals surface area (Å²) in [6.07, 6.45) is 1.60. The average Bonchev–Trinajstić information content (AvgIpc) is 2.70. The minimum Gasteiger partial charge on any atom is -0.496 e. The second-order valence-electron chi connectivity index (χ2n) is 3.21. The summed E-state index contributed by atoms with van der Waals surface area (Å²) in [6, 6.07) is 3.66. The van der Waals surface area contributed by atoms with Gasteiger partial charge in [0.15, 0.2) is 0 Å². The van der Waals surface area contributed by atoms with Gasteiger partial charge in [-0.05, 0) is 12.1 Å². The molecule has 1 aromatic heterocycles. The molecule has 6 heteroatoms. The number of amides is 1. The smallest absolute Gasteiger partial charge is 0.267 e. The maximum Gasteiger partial charge on any atom is 0.267 e. The normalized spacial score (nSPS) is 10.4. The first-order valence-electron chi connectivity index (χ1n) is 4.53. The number of nitrogens with one attached hydrogen (secondary N) is 2. The van der Waals surface area contributed by atoms with E-state index in [4.69, 9.17) is 10.6 Å². The van der Waals surface area contributed by atoms with Crippen molar-refractivity contribution in [3.63, 3.8) is 0 Å². The lowest BCUT2D eigenvalue weighted by molar-refractivity contribution is 0.0955. The van der Waals surface area contributed by atoms with Crippen molar-refractivity contribution in [3.8, 4) is 5.75 Å². The molecule has 2 rings (SSSR count). The van der Waals surface area contributed by atoms with Crippen LogP contribution in [0, 0.1) is 0 Å². The molecule has 84 valence electrons. The standard InChI is InChI=1S/C10H10BrN3O2/c1-16-8-3-5(11)2-7-9(8)6(4-13-7)10(15)14-12/h2-4,13H,12H2,1H3,(H,14,15). The molecule has 0 atom stereocenters. The summed E-state index contributed by atoms with van der Waals surface area (Å²) >= 11 is 3.36. The fourth-order valence-electron chi connectivity index (χ4n) is 1.61. The molecule has 16 heavy (non-hydrogen) atoms. The Hall–Kier alpha value is -1.53. The number of rotatable bonds is 2. The summed E-state index contributed by atoms with van der Waals surface area (Å²) in [5.74, 6) is 5.37. The molecule has 0 bridgehead atoms. The second-order valence-corrected chi connectivity index (χ2v) is 4.12. The zero-order valence-corrected chi connectivity index (χ0v) is 10.1. The number of H-pyrrole nitrogens is 1. The van der Waals surface area contributed by atoms with Crippen molar-refractivity contribution in [2.24, 2.45) is 5.84 Å². The highest BCUT2D eigenvalue weighted by atomic mass is 79.9. The third-order valence-corrected chi connectivity index (χ3v) is 2.76. The maximum atomic E-state index is 11.5. The Labute approximate surface area is 100 Å². The number of aromatic amines is 1. The molecule has 0 spiro atoms. The van der Waals surface area contributed by atoms with Gasteiger partial charge in [0.05, 0.1) is 23.6 Å². The number of hydrazine groups is 1. The first kappa shape index (κ1) is 11.0. The number of hydrogen-bond donors (Lipinski definition) is 3. The lowest BCUT2D eigenvalue weighted by Crippen LogP contribution is -2.29. The molecule has 1 aromatic carbocycles. The van der Waals surface area contributed by atoms with Crippen LogP contribution in [0.3, 0.4) is 0 Å². The van der Waals surface area contributed by atoms with E-state index in [2.05, 4.69) is 26.3 Å². The first-order chi connectivity index (χ1) is 7.67. The zero-order valence-electron chi connectivity index (χ0n) is 8.50. The first-order valence-corrected chi connectivity index (χ1v) is 5.32. The van der Waals surface area contributed by atoms with Gasteiger partial charge in [0.2, 0.25) is 0 Å². The third-order valence-electron chi connectivity index (χ3n) is 2.30. The number of fused-ring (bicyclic) bond motifs is 1. The molecule has 0 radical (unpaired) electrons. The largest absolute Gasteiger partial charge is 0.496 e. The van der Waals surface area contributed by atoms with E-state index in [-0.39, 0.29) is 5.91 Å². The lowest BCUT2D eigenvalue weighted by atomic mass is 10.1. The van der Waals surface area contributed by atoms with Crippen molar-refractivity contribution in [1.29, 1.82) is 0 Å². The van der Waals surface area contributed by atoms with Gasteiger partial charge in [0.1, 0.15) is 5.75 Å². The average molecular weight is 284 g/mol. The summed E-state index contributed by atoms with van der Waals surface area (Å²) in [5, 5.41) is 0.716. The van der Waals surface area contributed by atoms with E-state index >= 15 is 0 Å². The number of carbonyl (C=O) groups is 1. The minimum absolute atomic E-state index is 0.355. The summed E-state index contributed by atoms with van der Waals surface area (Å²) in [4.78, 5) is 14.5. The van der Waals surface area contributed by atoms with Crippen molar-refractivity contribution in [3.05, 3.63) is 28.4 Å². The van der Waals surface area contributed by atoms with Crippen LogP contribution in [0.2, 0.25) is 0 Å². The van der Waals surface area contributed by atoms with Crippen LogP contribution >= 0.6 is 15.9 Å². The number of methoxy groups -OCH3 is 1. The van der Waals surface area contributed by atoms with Gasteiger partial charge in [-0.3, -0.25) is 10.2 Å². The second kappa shape index (κ2) is 4.15. The number of halogens is 1. The van der Waals surface area contributed by atoms with Crippen LogP contribution in [0.15, 0.2) is 22.8 Å². The van der Waals surface area contributed by atoms with Gasteiger partial charge in [-0.25, -0.2) is 5.84 Å². The molecule has 0 aliphatic rings. The van der Waals surface area contributed by atoms with Crippen LogP contribution in [-0.4, -0.2) is 18.0 Å². The number of hydrogen-bond acceptors (Lipinski definition) is 3. The quantitative estimate of drug-likeness (QED) is 0.444. The van der Waals surface area contributed by atoms with Crippen molar-refractivity contribution in [2.75, 3.05) is 7.11 Å². The molecular formula is C10H10BrN3O2. The predicted octanol–water partition coefficient (Wildman–Crippen LogP) is 1.54. The van der Waals surface area contributed by atoms with E-state index in [9.17, 15) is 4.79 Å². The van der Waals surface area contributed by atoms with Gasteiger partial charge in [-0.2, -0.15) is 0 Å². The molecule has 5 nitrogen and oxygen atoms in total. The highest BCUT2D eigenvalue weighted by molar-refractivity contribution is 9.10. The van der Waals surface area contributed by atoms with E-state index in [1.807, 2.05) is 6.07 Å². The maximum absolute atomic E-state index is 11.5. The number of nitrogens with two attached hydrogens (primary N) is 1. The molecule has 0 aliphatic carbocycles. The summed E-state index contributed by atoms with van der Waals surface area (Å²) in [5.41, 5.74) is 3.37. The summed E-state index contributed by atoms with van der Waals surface area (Å²) in [6.45, 7) is 0. The summed E-state index contributed by atoms with van der Waals surface area (Å²) in [7, 11) is 1.55. The summed E-state index contributed by atoms with van der Waals surface area (Å²) < 4.78 is 6.10. The Morgan fingerprint density at radius 3 is 2.94 bits per heavy atom. The lowest BCUT2D eigenvalue weighted by Gasteiger charge is -2.05. The molecule has 1 amide bonds. The number of aromatic nitrogens is 1. The van der Waals surface area contributed by atoms with Gasteiger partial charge in [0, 0.05) is 10.7 Å². The fourth-order valence-corrected chi connectivity index (χ4v) is 2.05. The van der Waals surface area contributed by atoms with Crippen molar-refractivity contribution >= 4 is 32.7 Å². The van der Waals surface area contributed by atoms with Crippen molar-refractivity contribution in [2.45, 2.75) is 0 Å². The molecule has 0 saturated carbocycles. The highest BCUT2D eigenvalue weighted by Gasteiger charge is 2.15. The molecule has 1 heterocycles. The molecule has 2 aromatic rings. The van der Waals surface area contributed by atoms with Gasteiger partial charge >= 0.3 is 0 Å². The molecular weight excluding hydrogens is 274 g/mol. The van der Waals surface area contributed by atoms with Gasteiger partial charge < -0.3 is 9.72 Å². The number of benzene rings is 1. The van der Waals surface area contributed by atoms with E-state index < -0.39 is 0 Å². The van der Waals surface area contributed by atoms with E-state index in [0.717, 1.165) is 9.99 Å². The molecule has 0 saturated heterocycles. The Balaban J connectivity index is 2.74. The SMILES string of the molecule is COc1cc(Br)cc2[nH]cc(C(=O)NN)c12. The van der Waals surface area contributed by atoms with Crippen LogP contribution in [0.1, 0.15) is 10.4 Å². The van der Waals surface area contributed by atoms with Crippen LogP contribution in [0.4, 0.5) is 0 Å². The fraction of sp³-hybridized carbons (Fsp3) is 0.100. The monoisotopic (exact) mass is 283 g/mol. The Kier molecular flexibility index (Phi) is 2.84. The van der Waals surface area contributed by atoms with Crippen LogP contribution in [0.25, 0.3) is 10.9 Å². The Morgan fingerprint density at radius 2 is 2.31 bits per heavy atom. The molecule has 0 unspecified atom stereocenters. The minimum atomic E-state index is -0.355. The van der Waals surface area contributed by atoms with E-state index in [0.29, 0.717) is 16.7 Å². The number of ether oxygens (including phenoxy) is 1. The zero-order chi connectivity index (χ0) is 11.7.